The van der Waals surface area contributed by atoms with Crippen molar-refractivity contribution in [2.24, 2.45) is 0 Å². The summed E-state index contributed by atoms with van der Waals surface area (Å²) >= 11 is 0. The predicted molar refractivity (Wildman–Crippen MR) is 310 cm³/mol. The van der Waals surface area contributed by atoms with Gasteiger partial charge in [-0.05, 0) is 83.5 Å². The molecule has 418 valence electrons. The first kappa shape index (κ1) is 69.1. The van der Waals surface area contributed by atoms with Crippen LogP contribution in [0.4, 0.5) is 0 Å². The van der Waals surface area contributed by atoms with Crippen molar-refractivity contribution in [2.45, 2.75) is 353 Å². The summed E-state index contributed by atoms with van der Waals surface area (Å²) in [6.45, 7) is 4.85. The maximum Gasteiger partial charge on any atom is 0.305 e. The number of hydrogen-bond acceptors (Lipinski definition) is 5. The summed E-state index contributed by atoms with van der Waals surface area (Å²) < 4.78 is 5.46. The van der Waals surface area contributed by atoms with E-state index in [9.17, 15) is 19.8 Å². The van der Waals surface area contributed by atoms with Crippen LogP contribution in [0.2, 0.25) is 0 Å². The van der Waals surface area contributed by atoms with Gasteiger partial charge in [-0.1, -0.05) is 281 Å². The lowest BCUT2D eigenvalue weighted by molar-refractivity contribution is -0.143. The number of unbranched alkanes of at least 4 members (excludes halogenated alkanes) is 44. The van der Waals surface area contributed by atoms with Gasteiger partial charge in [0.25, 0.3) is 0 Å². The van der Waals surface area contributed by atoms with E-state index in [0.29, 0.717) is 19.4 Å². The third-order valence-electron chi connectivity index (χ3n) is 14.6. The molecule has 71 heavy (non-hydrogen) atoms. The fourth-order valence-corrected chi connectivity index (χ4v) is 9.74. The maximum atomic E-state index is 12.5. The van der Waals surface area contributed by atoms with Crippen molar-refractivity contribution in [1.29, 1.82) is 0 Å². The Bertz CT molecular complexity index is 1150. The Kier molecular flexibility index (Phi) is 59.0. The van der Waals surface area contributed by atoms with Gasteiger partial charge in [-0.15, -0.1) is 0 Å². The SMILES string of the molecule is CCCCCCCC/C=C\CCCCCCCCCCCC(=O)OCCCC/C=C\CCCCCCCC(=O)NC(CO)C(O)/C=C/CCCCCCCCCCCCCCCCCCCCCCCC. The average Bonchev–Trinajstić information content (AvgIpc) is 3.37. The van der Waals surface area contributed by atoms with Gasteiger partial charge in [0.2, 0.25) is 5.91 Å². The minimum Gasteiger partial charge on any atom is -0.466 e. The van der Waals surface area contributed by atoms with Gasteiger partial charge in [-0.3, -0.25) is 9.59 Å². The van der Waals surface area contributed by atoms with Crippen molar-refractivity contribution >= 4 is 11.9 Å². The smallest absolute Gasteiger partial charge is 0.305 e. The molecule has 6 nitrogen and oxygen atoms in total. The standard InChI is InChI=1S/C65H123NO5/c1-3-5-7-9-11-13-15-17-19-21-23-24-25-26-27-29-30-32-34-37-41-45-49-53-57-63(68)62(61-67)66-64(69)58-54-50-46-42-38-36-40-44-48-52-56-60-71-65(70)59-55-51-47-43-39-35-33-31-28-22-20-18-16-14-12-10-8-6-4-2/h18,20,40,44,53,57,62-63,67-68H,3-17,19,21-39,41-43,45-52,54-56,58-61H2,1-2H3,(H,66,69)/b20-18-,44-40-,57-53+. The molecule has 1 amide bonds. The first-order valence-corrected chi connectivity index (χ1v) is 31.8. The molecular formula is C65H123NO5. The highest BCUT2D eigenvalue weighted by Gasteiger charge is 2.18. The summed E-state index contributed by atoms with van der Waals surface area (Å²) in [5.74, 6) is -0.127. The van der Waals surface area contributed by atoms with E-state index in [1.54, 1.807) is 6.08 Å². The lowest BCUT2D eigenvalue weighted by Crippen LogP contribution is -2.45. The van der Waals surface area contributed by atoms with Gasteiger partial charge in [-0.2, -0.15) is 0 Å². The van der Waals surface area contributed by atoms with Crippen LogP contribution < -0.4 is 5.32 Å². The summed E-state index contributed by atoms with van der Waals surface area (Å²) in [4.78, 5) is 24.6. The predicted octanol–water partition coefficient (Wildman–Crippen LogP) is 20.0. The molecule has 0 aliphatic carbocycles. The minimum absolute atomic E-state index is 0.0327. The molecule has 0 aromatic heterocycles. The fourth-order valence-electron chi connectivity index (χ4n) is 9.74. The van der Waals surface area contributed by atoms with Crippen LogP contribution in [-0.4, -0.2) is 47.4 Å². The Labute approximate surface area is 443 Å². The van der Waals surface area contributed by atoms with E-state index in [1.807, 2.05) is 6.08 Å². The lowest BCUT2D eigenvalue weighted by Gasteiger charge is -2.20. The fraction of sp³-hybridized carbons (Fsp3) is 0.877. The monoisotopic (exact) mass is 998 g/mol. The number of amides is 1. The highest BCUT2D eigenvalue weighted by atomic mass is 16.5. The lowest BCUT2D eigenvalue weighted by atomic mass is 10.0. The van der Waals surface area contributed by atoms with Crippen molar-refractivity contribution in [2.75, 3.05) is 13.2 Å². The molecule has 0 aliphatic heterocycles. The van der Waals surface area contributed by atoms with Gasteiger partial charge < -0.3 is 20.3 Å². The second-order valence-corrected chi connectivity index (χ2v) is 21.7. The molecule has 0 fully saturated rings. The minimum atomic E-state index is -0.865. The average molecular weight is 999 g/mol. The van der Waals surface area contributed by atoms with E-state index in [-0.39, 0.29) is 18.5 Å². The molecule has 0 saturated heterocycles. The maximum absolute atomic E-state index is 12.5. The van der Waals surface area contributed by atoms with E-state index in [4.69, 9.17) is 4.74 Å². The number of carbonyl (C=O) groups is 2. The third-order valence-corrected chi connectivity index (χ3v) is 14.6. The van der Waals surface area contributed by atoms with E-state index in [1.165, 1.54) is 231 Å². The number of rotatable bonds is 59. The normalized spacial score (nSPS) is 12.8. The molecule has 0 heterocycles. The third kappa shape index (κ3) is 57.2. The topological polar surface area (TPSA) is 95.9 Å². The number of nitrogens with one attached hydrogen (secondary N) is 1. The molecule has 0 spiro atoms. The van der Waals surface area contributed by atoms with Crippen molar-refractivity contribution in [3.63, 3.8) is 0 Å². The molecule has 2 unspecified atom stereocenters. The number of hydrogen-bond donors (Lipinski definition) is 3. The van der Waals surface area contributed by atoms with E-state index < -0.39 is 12.1 Å². The number of carbonyl (C=O) groups excluding carboxylic acids is 2. The van der Waals surface area contributed by atoms with Crippen molar-refractivity contribution in [1.82, 2.24) is 5.32 Å². The second kappa shape index (κ2) is 60.6. The Morgan fingerprint density at radius 1 is 0.380 bits per heavy atom. The van der Waals surface area contributed by atoms with Gasteiger partial charge in [-0.25, -0.2) is 0 Å². The van der Waals surface area contributed by atoms with Crippen molar-refractivity contribution < 1.29 is 24.5 Å². The zero-order valence-corrected chi connectivity index (χ0v) is 47.7. The molecular weight excluding hydrogens is 875 g/mol. The second-order valence-electron chi connectivity index (χ2n) is 21.7. The quantitative estimate of drug-likeness (QED) is 0.0321. The molecule has 0 radical (unpaired) electrons. The number of esters is 1. The highest BCUT2D eigenvalue weighted by Crippen LogP contribution is 2.17. The van der Waals surface area contributed by atoms with E-state index in [0.717, 1.165) is 83.5 Å². The molecule has 0 aromatic carbocycles. The van der Waals surface area contributed by atoms with Gasteiger partial charge in [0, 0.05) is 12.8 Å². The van der Waals surface area contributed by atoms with Gasteiger partial charge in [0.05, 0.1) is 25.4 Å². The summed E-state index contributed by atoms with van der Waals surface area (Å²) in [7, 11) is 0. The van der Waals surface area contributed by atoms with Crippen LogP contribution in [0, 0.1) is 0 Å². The van der Waals surface area contributed by atoms with E-state index >= 15 is 0 Å². The largest absolute Gasteiger partial charge is 0.466 e. The Morgan fingerprint density at radius 2 is 0.662 bits per heavy atom. The van der Waals surface area contributed by atoms with Crippen LogP contribution in [0.1, 0.15) is 341 Å². The summed E-state index contributed by atoms with van der Waals surface area (Å²) in [6.07, 6.45) is 76.2. The van der Waals surface area contributed by atoms with Crippen LogP contribution in [0.15, 0.2) is 36.5 Å². The molecule has 0 saturated carbocycles. The molecule has 0 aliphatic rings. The van der Waals surface area contributed by atoms with Gasteiger partial charge >= 0.3 is 5.97 Å². The first-order valence-electron chi connectivity index (χ1n) is 31.8. The molecule has 0 aromatic rings. The zero-order chi connectivity index (χ0) is 51.4. The Hall–Kier alpha value is -1.92. The van der Waals surface area contributed by atoms with Crippen molar-refractivity contribution in [3.05, 3.63) is 36.5 Å². The van der Waals surface area contributed by atoms with E-state index in [2.05, 4.69) is 43.5 Å². The molecule has 2 atom stereocenters. The Balaban J connectivity index is 3.51. The number of aliphatic hydroxyl groups is 2. The van der Waals surface area contributed by atoms with Crippen LogP contribution in [0.3, 0.4) is 0 Å². The van der Waals surface area contributed by atoms with Crippen molar-refractivity contribution in [3.8, 4) is 0 Å². The number of allylic oxidation sites excluding steroid dienone is 5. The van der Waals surface area contributed by atoms with Crippen LogP contribution in [0.5, 0.6) is 0 Å². The summed E-state index contributed by atoms with van der Waals surface area (Å²) in [6, 6.07) is -0.651. The molecule has 6 heteroatoms. The molecule has 3 N–H and O–H groups in total. The molecule has 0 rings (SSSR count). The first-order chi connectivity index (χ1) is 35.0. The molecule has 0 bridgehead atoms. The zero-order valence-electron chi connectivity index (χ0n) is 47.7. The van der Waals surface area contributed by atoms with Gasteiger partial charge in [0.15, 0.2) is 0 Å². The number of ether oxygens (including phenoxy) is 1. The van der Waals surface area contributed by atoms with Crippen LogP contribution >= 0.6 is 0 Å². The van der Waals surface area contributed by atoms with Crippen LogP contribution in [0.25, 0.3) is 0 Å². The Morgan fingerprint density at radius 3 is 1.00 bits per heavy atom. The van der Waals surface area contributed by atoms with Gasteiger partial charge in [0.1, 0.15) is 0 Å². The number of aliphatic hydroxyl groups excluding tert-OH is 2. The van der Waals surface area contributed by atoms with Crippen LogP contribution in [-0.2, 0) is 14.3 Å². The summed E-state index contributed by atoms with van der Waals surface area (Å²) in [5.41, 5.74) is 0. The highest BCUT2D eigenvalue weighted by molar-refractivity contribution is 5.76. The summed E-state index contributed by atoms with van der Waals surface area (Å²) in [5, 5.41) is 23.2.